The molecule has 0 aromatic heterocycles. The van der Waals surface area contributed by atoms with Crippen LogP contribution in [-0.2, 0) is 6.42 Å². The van der Waals surface area contributed by atoms with E-state index in [1.54, 1.807) is 19.2 Å². The maximum absolute atomic E-state index is 12.5. The molecule has 5 heteroatoms. The van der Waals surface area contributed by atoms with Crippen LogP contribution < -0.4 is 9.47 Å². The van der Waals surface area contributed by atoms with Crippen molar-refractivity contribution in [2.75, 3.05) is 14.2 Å². The van der Waals surface area contributed by atoms with Crippen LogP contribution in [0.4, 0.5) is 0 Å². The van der Waals surface area contributed by atoms with Gasteiger partial charge in [-0.05, 0) is 45.8 Å². The topological polar surface area (TPSA) is 35.5 Å². The van der Waals surface area contributed by atoms with E-state index in [4.69, 9.17) is 9.47 Å². The molecule has 0 aliphatic heterocycles. The fourth-order valence-corrected chi connectivity index (χ4v) is 2.93. The molecule has 2 aromatic carbocycles. The number of benzene rings is 2. The van der Waals surface area contributed by atoms with Gasteiger partial charge < -0.3 is 9.47 Å². The first-order valence-corrected chi connectivity index (χ1v) is 7.83. The lowest BCUT2D eigenvalue weighted by molar-refractivity contribution is 0.0990. The van der Waals surface area contributed by atoms with Crippen molar-refractivity contribution in [2.24, 2.45) is 0 Å². The molecular formula is C16H14Br2O3. The third-order valence-corrected chi connectivity index (χ3v) is 4.34. The molecule has 21 heavy (non-hydrogen) atoms. The highest BCUT2D eigenvalue weighted by atomic mass is 79.9. The highest BCUT2D eigenvalue weighted by Gasteiger charge is 2.18. The Kier molecular flexibility index (Phi) is 5.42. The SMILES string of the molecule is COc1ccc(C(=O)Cc2ccc(Br)cc2)c(OC)c1Br. The van der Waals surface area contributed by atoms with Crippen LogP contribution in [0.1, 0.15) is 15.9 Å². The van der Waals surface area contributed by atoms with Gasteiger partial charge in [0.1, 0.15) is 16.0 Å². The van der Waals surface area contributed by atoms with Gasteiger partial charge in [0.2, 0.25) is 0 Å². The number of carbonyl (C=O) groups is 1. The summed E-state index contributed by atoms with van der Waals surface area (Å²) < 4.78 is 12.2. The van der Waals surface area contributed by atoms with Gasteiger partial charge in [-0.1, -0.05) is 28.1 Å². The van der Waals surface area contributed by atoms with Crippen LogP contribution >= 0.6 is 31.9 Å². The fraction of sp³-hybridized carbons (Fsp3) is 0.188. The Morgan fingerprint density at radius 3 is 2.24 bits per heavy atom. The number of hydrogen-bond donors (Lipinski definition) is 0. The number of rotatable bonds is 5. The van der Waals surface area contributed by atoms with Gasteiger partial charge in [-0.15, -0.1) is 0 Å². The average Bonchev–Trinajstić information content (AvgIpc) is 2.49. The molecule has 0 unspecified atom stereocenters. The van der Waals surface area contributed by atoms with Crippen molar-refractivity contribution in [2.45, 2.75) is 6.42 Å². The second-order valence-electron chi connectivity index (χ2n) is 4.39. The largest absolute Gasteiger partial charge is 0.495 e. The predicted molar refractivity (Wildman–Crippen MR) is 89.4 cm³/mol. The number of ether oxygens (including phenoxy) is 2. The Labute approximate surface area is 140 Å². The van der Waals surface area contributed by atoms with Gasteiger partial charge in [0.25, 0.3) is 0 Å². The van der Waals surface area contributed by atoms with Gasteiger partial charge in [0.15, 0.2) is 5.78 Å². The van der Waals surface area contributed by atoms with Crippen molar-refractivity contribution in [1.82, 2.24) is 0 Å². The summed E-state index contributed by atoms with van der Waals surface area (Å²) in [7, 11) is 3.11. The molecule has 110 valence electrons. The van der Waals surface area contributed by atoms with Gasteiger partial charge >= 0.3 is 0 Å². The zero-order chi connectivity index (χ0) is 15.4. The summed E-state index contributed by atoms with van der Waals surface area (Å²) in [6, 6.07) is 11.2. The number of methoxy groups -OCH3 is 2. The van der Waals surface area contributed by atoms with E-state index in [1.807, 2.05) is 24.3 Å². The fourth-order valence-electron chi connectivity index (χ4n) is 2.00. The van der Waals surface area contributed by atoms with E-state index in [1.165, 1.54) is 7.11 Å². The Morgan fingerprint density at radius 1 is 1.00 bits per heavy atom. The number of carbonyl (C=O) groups excluding carboxylic acids is 1. The van der Waals surface area contributed by atoms with Crippen LogP contribution in [0.3, 0.4) is 0 Å². The maximum Gasteiger partial charge on any atom is 0.171 e. The molecule has 0 aliphatic carbocycles. The summed E-state index contributed by atoms with van der Waals surface area (Å²) >= 11 is 6.79. The van der Waals surface area contributed by atoms with E-state index in [0.29, 0.717) is 28.0 Å². The molecule has 0 saturated carbocycles. The van der Waals surface area contributed by atoms with Crippen LogP contribution in [0.25, 0.3) is 0 Å². The summed E-state index contributed by atoms with van der Waals surface area (Å²) in [6.45, 7) is 0. The lowest BCUT2D eigenvalue weighted by Gasteiger charge is -2.12. The summed E-state index contributed by atoms with van der Waals surface area (Å²) in [6.07, 6.45) is 0.322. The standard InChI is InChI=1S/C16H14Br2O3/c1-20-14-8-7-12(16(21-2)15(14)18)13(19)9-10-3-5-11(17)6-4-10/h3-8H,9H2,1-2H3. The zero-order valence-electron chi connectivity index (χ0n) is 11.7. The summed E-state index contributed by atoms with van der Waals surface area (Å²) in [5.41, 5.74) is 1.49. The molecule has 0 heterocycles. The molecule has 0 radical (unpaired) electrons. The number of halogens is 2. The highest BCUT2D eigenvalue weighted by molar-refractivity contribution is 9.11. The Balaban J connectivity index is 2.30. The molecule has 0 saturated heterocycles. The van der Waals surface area contributed by atoms with Gasteiger partial charge in [0, 0.05) is 10.9 Å². The first kappa shape index (κ1) is 16.0. The third-order valence-electron chi connectivity index (χ3n) is 3.06. The summed E-state index contributed by atoms with van der Waals surface area (Å²) in [5, 5.41) is 0. The predicted octanol–water partition coefficient (Wildman–Crippen LogP) is 4.65. The number of Topliss-reactive ketones (excluding diaryl/α,β-unsaturated/α-hetero) is 1. The molecule has 0 N–H and O–H groups in total. The second kappa shape index (κ2) is 7.09. The zero-order valence-corrected chi connectivity index (χ0v) is 14.8. The van der Waals surface area contributed by atoms with E-state index in [2.05, 4.69) is 31.9 Å². The first-order valence-electron chi connectivity index (χ1n) is 6.25. The van der Waals surface area contributed by atoms with Crippen molar-refractivity contribution in [3.63, 3.8) is 0 Å². The third kappa shape index (κ3) is 3.66. The normalized spacial score (nSPS) is 10.3. The lowest BCUT2D eigenvalue weighted by Crippen LogP contribution is -2.06. The van der Waals surface area contributed by atoms with Crippen molar-refractivity contribution in [1.29, 1.82) is 0 Å². The second-order valence-corrected chi connectivity index (χ2v) is 6.10. The number of hydrogen-bond acceptors (Lipinski definition) is 3. The highest BCUT2D eigenvalue weighted by Crippen LogP contribution is 2.37. The van der Waals surface area contributed by atoms with Crippen LogP contribution in [0.15, 0.2) is 45.3 Å². The Hall–Kier alpha value is -1.33. The Bertz CT molecular complexity index is 651. The van der Waals surface area contributed by atoms with Gasteiger partial charge in [0.05, 0.1) is 19.8 Å². The van der Waals surface area contributed by atoms with Crippen molar-refractivity contribution < 1.29 is 14.3 Å². The monoisotopic (exact) mass is 412 g/mol. The smallest absolute Gasteiger partial charge is 0.171 e. The average molecular weight is 414 g/mol. The molecule has 3 nitrogen and oxygen atoms in total. The van der Waals surface area contributed by atoms with Crippen molar-refractivity contribution in [3.8, 4) is 11.5 Å². The molecule has 2 rings (SSSR count). The van der Waals surface area contributed by atoms with E-state index in [-0.39, 0.29) is 5.78 Å². The molecule has 0 spiro atoms. The van der Waals surface area contributed by atoms with Gasteiger partial charge in [-0.25, -0.2) is 0 Å². The minimum absolute atomic E-state index is 0.00229. The molecule has 0 atom stereocenters. The van der Waals surface area contributed by atoms with E-state index < -0.39 is 0 Å². The van der Waals surface area contributed by atoms with Crippen LogP contribution in [-0.4, -0.2) is 20.0 Å². The van der Waals surface area contributed by atoms with Crippen LogP contribution in [0, 0.1) is 0 Å². The summed E-state index contributed by atoms with van der Waals surface area (Å²) in [5.74, 6) is 1.13. The first-order chi connectivity index (χ1) is 10.1. The molecular weight excluding hydrogens is 400 g/mol. The maximum atomic E-state index is 12.5. The summed E-state index contributed by atoms with van der Waals surface area (Å²) in [4.78, 5) is 12.5. The van der Waals surface area contributed by atoms with Crippen LogP contribution in [0.2, 0.25) is 0 Å². The molecule has 0 aliphatic rings. The van der Waals surface area contributed by atoms with Crippen LogP contribution in [0.5, 0.6) is 11.5 Å². The number of ketones is 1. The minimum Gasteiger partial charge on any atom is -0.495 e. The van der Waals surface area contributed by atoms with Crippen molar-refractivity contribution >= 4 is 37.6 Å². The van der Waals surface area contributed by atoms with E-state index in [0.717, 1.165) is 10.0 Å². The molecule has 0 amide bonds. The lowest BCUT2D eigenvalue weighted by atomic mass is 10.0. The molecule has 0 bridgehead atoms. The van der Waals surface area contributed by atoms with Gasteiger partial charge in [-0.2, -0.15) is 0 Å². The van der Waals surface area contributed by atoms with Gasteiger partial charge in [-0.3, -0.25) is 4.79 Å². The van der Waals surface area contributed by atoms with E-state index in [9.17, 15) is 4.79 Å². The van der Waals surface area contributed by atoms with Crippen molar-refractivity contribution in [3.05, 3.63) is 56.5 Å². The van der Waals surface area contributed by atoms with E-state index >= 15 is 0 Å². The Morgan fingerprint density at radius 2 is 1.67 bits per heavy atom. The quantitative estimate of drug-likeness (QED) is 0.669. The minimum atomic E-state index is -0.00229. The molecule has 0 fully saturated rings. The molecule has 2 aromatic rings.